The number of imidazole rings is 1. The van der Waals surface area contributed by atoms with Crippen LogP contribution >= 0.6 is 0 Å². The molecule has 2 fully saturated rings. The Hall–Kier alpha value is -4.35. The quantitative estimate of drug-likeness (QED) is 0.209. The molecule has 11 nitrogen and oxygen atoms in total. The van der Waals surface area contributed by atoms with Crippen LogP contribution in [0, 0.1) is 5.92 Å². The lowest BCUT2D eigenvalue weighted by Crippen LogP contribution is -2.38. The number of H-pyrrole nitrogens is 1. The second kappa shape index (κ2) is 13.3. The van der Waals surface area contributed by atoms with E-state index in [0.29, 0.717) is 50.9 Å². The molecule has 0 unspecified atom stereocenters. The zero-order valence-electron chi connectivity index (χ0n) is 25.8. The molecular weight excluding hydrogens is 570 g/mol. The van der Waals surface area contributed by atoms with Crippen molar-refractivity contribution in [2.45, 2.75) is 64.2 Å². The second-order valence-corrected chi connectivity index (χ2v) is 12.1. The first-order valence-electron chi connectivity index (χ1n) is 15.9. The summed E-state index contributed by atoms with van der Waals surface area (Å²) in [5.41, 5.74) is 3.83. The first-order valence-corrected chi connectivity index (χ1v) is 15.9. The van der Waals surface area contributed by atoms with E-state index in [4.69, 9.17) is 0 Å². The lowest BCUT2D eigenvalue weighted by Gasteiger charge is -2.25. The summed E-state index contributed by atoms with van der Waals surface area (Å²) < 4.78 is 0. The molecule has 2 aromatic heterocycles. The molecule has 4 N–H and O–H groups in total. The number of carbonyl (C=O) groups is 2. The largest absolute Gasteiger partial charge is 0.383 e. The van der Waals surface area contributed by atoms with Crippen molar-refractivity contribution < 1.29 is 19.8 Å². The van der Waals surface area contributed by atoms with Gasteiger partial charge in [0.2, 0.25) is 5.95 Å². The summed E-state index contributed by atoms with van der Waals surface area (Å²) in [6, 6.07) is 12.4. The van der Waals surface area contributed by atoms with Gasteiger partial charge < -0.3 is 30.3 Å². The van der Waals surface area contributed by atoms with Gasteiger partial charge in [0.1, 0.15) is 18.0 Å². The SMILES string of the molecule is CC[C@H](O)C(=O)N1CC[C@H](CNc2ncc(-c3ccc4cc(-c5cnc([C@@H]6CCCN6C(=O)[C@@H](O)CC)[nH]5)ccc4c3)cn2)C1. The molecule has 2 aliphatic heterocycles. The van der Waals surface area contributed by atoms with Crippen LogP contribution in [0.15, 0.2) is 55.0 Å². The highest BCUT2D eigenvalue weighted by Crippen LogP contribution is 2.33. The summed E-state index contributed by atoms with van der Waals surface area (Å²) >= 11 is 0. The second-order valence-electron chi connectivity index (χ2n) is 12.1. The van der Waals surface area contributed by atoms with Crippen LogP contribution in [0.25, 0.3) is 33.2 Å². The number of hydrogen-bond acceptors (Lipinski definition) is 8. The van der Waals surface area contributed by atoms with Crippen molar-refractivity contribution in [3.63, 3.8) is 0 Å². The Morgan fingerprint density at radius 1 is 0.889 bits per heavy atom. The third-order valence-electron chi connectivity index (χ3n) is 9.07. The van der Waals surface area contributed by atoms with E-state index in [1.165, 1.54) is 0 Å². The van der Waals surface area contributed by atoms with Crippen LogP contribution < -0.4 is 5.32 Å². The van der Waals surface area contributed by atoms with Crippen molar-refractivity contribution in [3.8, 4) is 22.4 Å². The van der Waals surface area contributed by atoms with Gasteiger partial charge in [0.15, 0.2) is 0 Å². The van der Waals surface area contributed by atoms with Gasteiger partial charge in [-0.2, -0.15) is 0 Å². The molecule has 0 radical (unpaired) electrons. The predicted octanol–water partition coefficient (Wildman–Crippen LogP) is 4.15. The number of aliphatic hydroxyl groups excluding tert-OH is 2. The van der Waals surface area contributed by atoms with Gasteiger partial charge >= 0.3 is 0 Å². The summed E-state index contributed by atoms with van der Waals surface area (Å²) in [5.74, 6) is 1.18. The standard InChI is InChI=1S/C34H41N7O4/c1-3-29(42)32(44)40-13-11-21(20-40)16-36-34-37-17-26(18-38-34)24-8-7-23-15-25(10-9-22(23)14-24)27-19-35-31(39-27)28-6-5-12-41(28)33(45)30(43)4-2/h7-10,14-15,17-19,21,28-30,42-43H,3-6,11-13,16,20H2,1-2H3,(H,35,39)(H,36,37,38)/t21-,28+,29+,30+/m1/s1. The number of benzene rings is 2. The summed E-state index contributed by atoms with van der Waals surface area (Å²) in [6.07, 6.45) is 6.99. The van der Waals surface area contributed by atoms with Crippen molar-refractivity contribution in [2.24, 2.45) is 5.92 Å². The molecule has 2 saturated heterocycles. The third-order valence-corrected chi connectivity index (χ3v) is 9.07. The van der Waals surface area contributed by atoms with E-state index in [-0.39, 0.29) is 17.9 Å². The maximum Gasteiger partial charge on any atom is 0.252 e. The molecule has 4 heterocycles. The molecule has 4 aromatic rings. The Balaban J connectivity index is 1.09. The number of nitrogens with one attached hydrogen (secondary N) is 2. The van der Waals surface area contributed by atoms with Crippen LogP contribution in [0.4, 0.5) is 5.95 Å². The van der Waals surface area contributed by atoms with Crippen molar-refractivity contribution >= 4 is 28.5 Å². The average Bonchev–Trinajstić information content (AvgIpc) is 3.87. The van der Waals surface area contributed by atoms with Crippen LogP contribution in [0.5, 0.6) is 0 Å². The molecule has 0 saturated carbocycles. The van der Waals surface area contributed by atoms with E-state index in [1.807, 2.05) is 32.4 Å². The summed E-state index contributed by atoms with van der Waals surface area (Å²) in [5, 5.41) is 25.4. The zero-order chi connectivity index (χ0) is 31.5. The minimum Gasteiger partial charge on any atom is -0.383 e. The van der Waals surface area contributed by atoms with Crippen molar-refractivity contribution in [3.05, 3.63) is 60.8 Å². The third kappa shape index (κ3) is 6.55. The van der Waals surface area contributed by atoms with E-state index in [9.17, 15) is 19.8 Å². The maximum atomic E-state index is 12.7. The molecule has 0 spiro atoms. The van der Waals surface area contributed by atoms with Crippen molar-refractivity contribution in [2.75, 3.05) is 31.5 Å². The molecule has 0 bridgehead atoms. The average molecular weight is 612 g/mol. The molecule has 45 heavy (non-hydrogen) atoms. The van der Waals surface area contributed by atoms with E-state index >= 15 is 0 Å². The van der Waals surface area contributed by atoms with E-state index in [1.54, 1.807) is 9.80 Å². The first kappa shape index (κ1) is 30.7. The number of aliphatic hydroxyl groups is 2. The summed E-state index contributed by atoms with van der Waals surface area (Å²) in [6.45, 7) is 6.21. The Labute approximate surface area is 262 Å². The Bertz CT molecular complexity index is 1660. The molecule has 2 amide bonds. The van der Waals surface area contributed by atoms with Gasteiger partial charge in [0.25, 0.3) is 11.8 Å². The number of amides is 2. The van der Waals surface area contributed by atoms with E-state index in [2.05, 4.69) is 61.7 Å². The monoisotopic (exact) mass is 611 g/mol. The predicted molar refractivity (Wildman–Crippen MR) is 172 cm³/mol. The Morgan fingerprint density at radius 3 is 2.31 bits per heavy atom. The van der Waals surface area contributed by atoms with Crippen LogP contribution in [-0.2, 0) is 9.59 Å². The molecule has 4 atom stereocenters. The molecule has 2 aliphatic rings. The summed E-state index contributed by atoms with van der Waals surface area (Å²) in [4.78, 5) is 45.5. The molecular formula is C34H41N7O4. The first-order chi connectivity index (χ1) is 21.8. The van der Waals surface area contributed by atoms with Gasteiger partial charge in [-0.25, -0.2) is 15.0 Å². The topological polar surface area (TPSA) is 148 Å². The number of carbonyl (C=O) groups excluding carboxylic acids is 2. The van der Waals surface area contributed by atoms with Gasteiger partial charge in [-0.05, 0) is 66.5 Å². The number of hydrogen-bond donors (Lipinski definition) is 4. The normalized spacial score (nSPS) is 19.6. The highest BCUT2D eigenvalue weighted by molar-refractivity contribution is 5.90. The van der Waals surface area contributed by atoms with Crippen LogP contribution in [-0.4, -0.2) is 90.2 Å². The van der Waals surface area contributed by atoms with Crippen LogP contribution in [0.1, 0.15) is 57.8 Å². The van der Waals surface area contributed by atoms with Crippen LogP contribution in [0.2, 0.25) is 0 Å². The smallest absolute Gasteiger partial charge is 0.252 e. The zero-order valence-corrected chi connectivity index (χ0v) is 25.8. The van der Waals surface area contributed by atoms with Gasteiger partial charge in [0, 0.05) is 49.7 Å². The van der Waals surface area contributed by atoms with Crippen molar-refractivity contribution in [1.29, 1.82) is 0 Å². The molecule has 2 aromatic carbocycles. The number of aromatic amines is 1. The molecule has 0 aliphatic carbocycles. The van der Waals surface area contributed by atoms with E-state index < -0.39 is 12.2 Å². The number of aromatic nitrogens is 4. The number of rotatable bonds is 10. The highest BCUT2D eigenvalue weighted by Gasteiger charge is 2.34. The maximum absolute atomic E-state index is 12.7. The molecule has 236 valence electrons. The lowest BCUT2D eigenvalue weighted by molar-refractivity contribution is -0.141. The van der Waals surface area contributed by atoms with Gasteiger partial charge in [-0.3, -0.25) is 9.59 Å². The minimum absolute atomic E-state index is 0.149. The fourth-order valence-corrected chi connectivity index (χ4v) is 6.32. The minimum atomic E-state index is -0.971. The van der Waals surface area contributed by atoms with Gasteiger partial charge in [-0.15, -0.1) is 0 Å². The van der Waals surface area contributed by atoms with E-state index in [0.717, 1.165) is 58.2 Å². The Morgan fingerprint density at radius 2 is 1.58 bits per heavy atom. The fourth-order valence-electron chi connectivity index (χ4n) is 6.32. The Kier molecular flexibility index (Phi) is 9.09. The highest BCUT2D eigenvalue weighted by atomic mass is 16.3. The van der Waals surface area contributed by atoms with Crippen LogP contribution in [0.3, 0.4) is 0 Å². The number of fused-ring (bicyclic) bond motifs is 1. The molecule has 11 heteroatoms. The lowest BCUT2D eigenvalue weighted by atomic mass is 10.0. The number of nitrogens with zero attached hydrogens (tertiary/aromatic N) is 5. The van der Waals surface area contributed by atoms with Gasteiger partial charge in [-0.1, -0.05) is 38.1 Å². The van der Waals surface area contributed by atoms with Crippen molar-refractivity contribution in [1.82, 2.24) is 29.7 Å². The summed E-state index contributed by atoms with van der Waals surface area (Å²) in [7, 11) is 0. The number of anilines is 1. The number of likely N-dealkylation sites (tertiary alicyclic amines) is 2. The fraction of sp³-hybridized carbons (Fsp3) is 0.441. The molecule has 6 rings (SSSR count). The van der Waals surface area contributed by atoms with Gasteiger partial charge in [0.05, 0.1) is 17.9 Å².